The van der Waals surface area contributed by atoms with Crippen molar-refractivity contribution in [1.29, 1.82) is 0 Å². The standard InChI is InChI=1S/C35H45N7O4/c1-4-5-14-30-38-33-34(28-12-6-7-13-29(28)37-35(33)36)42(30)16-9-15-41(23-27-11-8-10-26(21-27)22-32(45)46-3)31(44)24-39-17-19-40(20-18-39)25(2)43/h6-8,10-13,21H,4-5,9,14-20,22-24H2,1-3H3,(H2,36,37). The predicted octanol–water partition coefficient (Wildman–Crippen LogP) is 3.81. The van der Waals surface area contributed by atoms with Crippen molar-refractivity contribution in [1.82, 2.24) is 29.2 Å². The van der Waals surface area contributed by atoms with Gasteiger partial charge in [0, 0.05) is 64.5 Å². The zero-order valence-electron chi connectivity index (χ0n) is 27.2. The number of anilines is 1. The molecule has 2 amide bonds. The highest BCUT2D eigenvalue weighted by molar-refractivity contribution is 6.06. The molecule has 2 aromatic carbocycles. The smallest absolute Gasteiger partial charge is 0.309 e. The van der Waals surface area contributed by atoms with Gasteiger partial charge in [0.05, 0.1) is 31.1 Å². The fourth-order valence-electron chi connectivity index (χ4n) is 6.19. The molecule has 5 rings (SSSR count). The number of ether oxygens (including phenoxy) is 1. The average molecular weight is 628 g/mol. The van der Waals surface area contributed by atoms with Gasteiger partial charge in [-0.1, -0.05) is 55.8 Å². The minimum atomic E-state index is -0.301. The first-order chi connectivity index (χ1) is 22.3. The Morgan fingerprint density at radius 2 is 1.74 bits per heavy atom. The van der Waals surface area contributed by atoms with Crippen LogP contribution >= 0.6 is 0 Å². The number of pyridine rings is 1. The van der Waals surface area contributed by atoms with Gasteiger partial charge >= 0.3 is 5.97 Å². The number of aromatic nitrogens is 3. The van der Waals surface area contributed by atoms with Crippen LogP contribution in [0.2, 0.25) is 0 Å². The number of rotatable bonds is 13. The quantitative estimate of drug-likeness (QED) is 0.222. The number of hydrogen-bond acceptors (Lipinski definition) is 8. The molecule has 4 aromatic rings. The van der Waals surface area contributed by atoms with E-state index in [2.05, 4.69) is 27.4 Å². The molecule has 0 spiro atoms. The molecule has 1 aliphatic rings. The van der Waals surface area contributed by atoms with E-state index in [9.17, 15) is 14.4 Å². The predicted molar refractivity (Wildman–Crippen MR) is 179 cm³/mol. The van der Waals surface area contributed by atoms with Crippen molar-refractivity contribution in [3.8, 4) is 0 Å². The molecule has 0 saturated carbocycles. The average Bonchev–Trinajstić information content (AvgIpc) is 3.42. The lowest BCUT2D eigenvalue weighted by molar-refractivity contribution is -0.140. The Morgan fingerprint density at radius 3 is 2.48 bits per heavy atom. The fourth-order valence-corrected chi connectivity index (χ4v) is 6.19. The number of nitrogens with zero attached hydrogens (tertiary/aromatic N) is 6. The second kappa shape index (κ2) is 15.2. The van der Waals surface area contributed by atoms with Gasteiger partial charge in [0.25, 0.3) is 0 Å². The summed E-state index contributed by atoms with van der Waals surface area (Å²) in [5.74, 6) is 1.21. The maximum Gasteiger partial charge on any atom is 0.309 e. The van der Waals surface area contributed by atoms with Gasteiger partial charge in [-0.05, 0) is 30.0 Å². The summed E-state index contributed by atoms with van der Waals surface area (Å²) >= 11 is 0. The number of carbonyl (C=O) groups is 3. The molecule has 1 fully saturated rings. The van der Waals surface area contributed by atoms with E-state index in [1.807, 2.05) is 52.3 Å². The van der Waals surface area contributed by atoms with E-state index in [4.69, 9.17) is 15.5 Å². The monoisotopic (exact) mass is 627 g/mol. The number of hydrogen-bond donors (Lipinski definition) is 1. The van der Waals surface area contributed by atoms with Crippen LogP contribution in [0.4, 0.5) is 5.82 Å². The van der Waals surface area contributed by atoms with Gasteiger partial charge in [-0.25, -0.2) is 9.97 Å². The number of piperazine rings is 1. The van der Waals surface area contributed by atoms with Crippen molar-refractivity contribution in [3.05, 3.63) is 65.5 Å². The van der Waals surface area contributed by atoms with Crippen LogP contribution in [0.15, 0.2) is 48.5 Å². The molecular formula is C35H45N7O4. The summed E-state index contributed by atoms with van der Waals surface area (Å²) in [5.41, 5.74) is 10.8. The van der Waals surface area contributed by atoms with Gasteiger partial charge in [-0.2, -0.15) is 0 Å². The molecular weight excluding hydrogens is 582 g/mol. The van der Waals surface area contributed by atoms with Crippen LogP contribution in [0.3, 0.4) is 0 Å². The van der Waals surface area contributed by atoms with Crippen LogP contribution in [0.25, 0.3) is 21.9 Å². The Labute approximate surface area is 270 Å². The Kier molecular flexibility index (Phi) is 10.8. The van der Waals surface area contributed by atoms with Gasteiger partial charge in [-0.15, -0.1) is 0 Å². The number of benzene rings is 2. The maximum absolute atomic E-state index is 13.9. The first kappa shape index (κ1) is 32.9. The normalized spacial score (nSPS) is 13.8. The molecule has 2 N–H and O–H groups in total. The third kappa shape index (κ3) is 7.82. The number of nitrogen functional groups attached to an aromatic ring is 1. The number of fused-ring (bicyclic) bond motifs is 3. The van der Waals surface area contributed by atoms with Crippen LogP contribution in [0, 0.1) is 0 Å². The van der Waals surface area contributed by atoms with Gasteiger partial charge in [0.1, 0.15) is 11.3 Å². The molecule has 1 saturated heterocycles. The van der Waals surface area contributed by atoms with Gasteiger partial charge in [0.15, 0.2) is 5.82 Å². The summed E-state index contributed by atoms with van der Waals surface area (Å²) in [5, 5.41) is 1.02. The fraction of sp³-hybridized carbons (Fsp3) is 0.457. The number of carbonyl (C=O) groups excluding carboxylic acids is 3. The highest BCUT2D eigenvalue weighted by Crippen LogP contribution is 2.29. The molecule has 244 valence electrons. The molecule has 11 nitrogen and oxygen atoms in total. The molecule has 0 radical (unpaired) electrons. The van der Waals surface area contributed by atoms with Gasteiger partial charge in [0.2, 0.25) is 11.8 Å². The van der Waals surface area contributed by atoms with E-state index >= 15 is 0 Å². The van der Waals surface area contributed by atoms with Crippen molar-refractivity contribution < 1.29 is 19.1 Å². The summed E-state index contributed by atoms with van der Waals surface area (Å²) in [6.07, 6.45) is 3.79. The third-order valence-electron chi connectivity index (χ3n) is 8.72. The largest absolute Gasteiger partial charge is 0.469 e. The zero-order chi connectivity index (χ0) is 32.6. The first-order valence-electron chi connectivity index (χ1n) is 16.2. The number of unbranched alkanes of at least 4 members (excludes halogenated alkanes) is 1. The number of imidazole rings is 1. The van der Waals surface area contributed by atoms with Crippen molar-refractivity contribution in [2.24, 2.45) is 0 Å². The highest BCUT2D eigenvalue weighted by Gasteiger charge is 2.24. The molecule has 2 aromatic heterocycles. The third-order valence-corrected chi connectivity index (χ3v) is 8.72. The zero-order valence-corrected chi connectivity index (χ0v) is 27.2. The SMILES string of the molecule is CCCCc1nc2c(N)nc3ccccc3c2n1CCCN(Cc1cccc(CC(=O)OC)c1)C(=O)CN1CCN(C(C)=O)CC1. The van der Waals surface area contributed by atoms with Crippen LogP contribution in [-0.2, 0) is 45.1 Å². The number of esters is 1. The lowest BCUT2D eigenvalue weighted by atomic mass is 10.1. The lowest BCUT2D eigenvalue weighted by Gasteiger charge is -2.35. The number of methoxy groups -OCH3 is 1. The van der Waals surface area contributed by atoms with E-state index in [0.717, 1.165) is 58.2 Å². The number of aryl methyl sites for hydroxylation is 2. The van der Waals surface area contributed by atoms with E-state index < -0.39 is 0 Å². The number of nitrogens with two attached hydrogens (primary N) is 1. The van der Waals surface area contributed by atoms with Gasteiger partial charge < -0.3 is 24.8 Å². The van der Waals surface area contributed by atoms with Crippen LogP contribution in [0.5, 0.6) is 0 Å². The lowest BCUT2D eigenvalue weighted by Crippen LogP contribution is -2.51. The molecule has 0 bridgehead atoms. The molecule has 0 unspecified atom stereocenters. The summed E-state index contributed by atoms with van der Waals surface area (Å²) in [7, 11) is 1.38. The minimum Gasteiger partial charge on any atom is -0.469 e. The Hall–Kier alpha value is -4.51. The van der Waals surface area contributed by atoms with Crippen LogP contribution in [-0.4, -0.2) is 93.4 Å². The summed E-state index contributed by atoms with van der Waals surface area (Å²) in [6, 6.07) is 15.8. The second-order valence-electron chi connectivity index (χ2n) is 12.0. The Balaban J connectivity index is 1.38. The highest BCUT2D eigenvalue weighted by atomic mass is 16.5. The van der Waals surface area contributed by atoms with E-state index in [-0.39, 0.29) is 30.7 Å². The molecule has 0 atom stereocenters. The van der Waals surface area contributed by atoms with Crippen molar-refractivity contribution in [2.45, 2.75) is 59.0 Å². The molecule has 46 heavy (non-hydrogen) atoms. The Bertz CT molecular complexity index is 1690. The van der Waals surface area contributed by atoms with Gasteiger partial charge in [-0.3, -0.25) is 19.3 Å². The van der Waals surface area contributed by atoms with Crippen LogP contribution in [0.1, 0.15) is 50.1 Å². The number of para-hydroxylation sites is 1. The molecule has 3 heterocycles. The van der Waals surface area contributed by atoms with E-state index in [0.29, 0.717) is 58.1 Å². The number of amides is 2. The van der Waals surface area contributed by atoms with E-state index in [1.54, 1.807) is 6.92 Å². The maximum atomic E-state index is 13.9. The minimum absolute atomic E-state index is 0.0373. The molecule has 1 aliphatic heterocycles. The summed E-state index contributed by atoms with van der Waals surface area (Å²) < 4.78 is 7.12. The van der Waals surface area contributed by atoms with Crippen molar-refractivity contribution in [2.75, 3.05) is 52.1 Å². The van der Waals surface area contributed by atoms with Crippen molar-refractivity contribution in [3.63, 3.8) is 0 Å². The van der Waals surface area contributed by atoms with Crippen LogP contribution < -0.4 is 5.73 Å². The Morgan fingerprint density at radius 1 is 0.978 bits per heavy atom. The summed E-state index contributed by atoms with van der Waals surface area (Å²) in [4.78, 5) is 53.0. The van der Waals surface area contributed by atoms with E-state index in [1.165, 1.54) is 7.11 Å². The first-order valence-corrected chi connectivity index (χ1v) is 16.2. The van der Waals surface area contributed by atoms with Crippen molar-refractivity contribution >= 4 is 45.5 Å². The topological polar surface area (TPSA) is 127 Å². The molecule has 11 heteroatoms. The summed E-state index contributed by atoms with van der Waals surface area (Å²) in [6.45, 7) is 8.26. The second-order valence-corrected chi connectivity index (χ2v) is 12.0. The molecule has 0 aliphatic carbocycles.